The molecule has 5 nitrogen and oxygen atoms in total. The van der Waals surface area contributed by atoms with Crippen LogP contribution in [0.1, 0.15) is 91.4 Å². The fourth-order valence-corrected chi connectivity index (χ4v) is 7.88. The molecule has 8 aromatic rings. The Morgan fingerprint density at radius 3 is 1.93 bits per heavy atom. The molecule has 0 aliphatic carbocycles. The van der Waals surface area contributed by atoms with Crippen LogP contribution in [0.15, 0.2) is 133 Å². The number of hydrogen-bond donors (Lipinski definition) is 0. The molecule has 3 heterocycles. The summed E-state index contributed by atoms with van der Waals surface area (Å²) in [5.74, 6) is 1.63. The summed E-state index contributed by atoms with van der Waals surface area (Å²) in [6, 6.07) is 39.1. The molecule has 0 bridgehead atoms. The molecule has 1 aliphatic heterocycles. The molecule has 0 radical (unpaired) electrons. The standard InChI is InChI=1S/C55H53N4O.Pt/c1-36-27-52(56-34-47(36)37-17-12-11-13-18-37)59-50-31-38(53(2,3)4)23-25-45(50)46-26-24-44(33-51(46)59)60-43-20-16-19-41(32-43)57-35-58(49-22-15-14-21-48(49)57)42-29-39(54(5,6)7)28-40(30-42)55(8,9)10;/h11-31,34-35H,1-10H3;/q-3;/i11D,12D,13D,17D,18D;. The van der Waals surface area contributed by atoms with Crippen molar-refractivity contribution in [2.75, 3.05) is 9.80 Å². The first-order valence-corrected chi connectivity index (χ1v) is 20.5. The van der Waals surface area contributed by atoms with Crippen LogP contribution < -0.4 is 14.5 Å². The quantitative estimate of drug-likeness (QED) is 0.156. The molecule has 1 aliphatic rings. The Morgan fingerprint density at radius 2 is 1.28 bits per heavy atom. The summed E-state index contributed by atoms with van der Waals surface area (Å²) in [5, 5.41) is 1.99. The van der Waals surface area contributed by atoms with Crippen LogP contribution >= 0.6 is 0 Å². The summed E-state index contributed by atoms with van der Waals surface area (Å²) in [5.41, 5.74) is 10.6. The molecule has 0 unspecified atom stereocenters. The Morgan fingerprint density at radius 1 is 0.639 bits per heavy atom. The van der Waals surface area contributed by atoms with Gasteiger partial charge in [0, 0.05) is 66.9 Å². The molecule has 312 valence electrons. The predicted molar refractivity (Wildman–Crippen MR) is 250 cm³/mol. The van der Waals surface area contributed by atoms with Gasteiger partial charge in [-0.3, -0.25) is 0 Å². The average molecular weight is 986 g/mol. The maximum Gasteiger partial charge on any atom is 0.135 e. The number of benzene rings is 6. The molecule has 0 saturated heterocycles. The van der Waals surface area contributed by atoms with Crippen molar-refractivity contribution in [3.05, 3.63) is 175 Å². The van der Waals surface area contributed by atoms with E-state index in [9.17, 15) is 0 Å². The van der Waals surface area contributed by atoms with Crippen molar-refractivity contribution >= 4 is 44.6 Å². The summed E-state index contributed by atoms with van der Waals surface area (Å²) < 4.78 is 50.6. The van der Waals surface area contributed by atoms with Crippen LogP contribution in [-0.4, -0.2) is 9.55 Å². The second-order valence-electron chi connectivity index (χ2n) is 18.9. The minimum absolute atomic E-state index is 0. The Kier molecular flexibility index (Phi) is 9.27. The van der Waals surface area contributed by atoms with Crippen molar-refractivity contribution < 1.29 is 32.7 Å². The van der Waals surface area contributed by atoms with Gasteiger partial charge in [0.2, 0.25) is 0 Å². The van der Waals surface area contributed by atoms with Crippen LogP contribution in [0, 0.1) is 25.7 Å². The molecule has 61 heavy (non-hydrogen) atoms. The smallest absolute Gasteiger partial charge is 0.135 e. The summed E-state index contributed by atoms with van der Waals surface area (Å²) in [6.07, 6.45) is 1.60. The van der Waals surface area contributed by atoms with Crippen molar-refractivity contribution in [2.24, 2.45) is 0 Å². The van der Waals surface area contributed by atoms with Gasteiger partial charge in [-0.15, -0.1) is 48.1 Å². The van der Waals surface area contributed by atoms with Gasteiger partial charge in [0.05, 0.1) is 6.85 Å². The van der Waals surface area contributed by atoms with Crippen LogP contribution in [0.3, 0.4) is 0 Å². The third-order valence-corrected chi connectivity index (χ3v) is 11.4. The molecule has 0 saturated carbocycles. The normalized spacial score (nSPS) is 14.3. The molecule has 6 heteroatoms. The predicted octanol–water partition coefficient (Wildman–Crippen LogP) is 14.8. The van der Waals surface area contributed by atoms with Crippen LogP contribution in [0.25, 0.3) is 38.8 Å². The van der Waals surface area contributed by atoms with E-state index in [1.54, 1.807) is 6.20 Å². The largest absolute Gasteiger partial charge is 0.509 e. The maximum atomic E-state index is 8.63. The SMILES string of the molecule is [2H]c1c([2H])c([2H])c(-c2cnc(-n3c4[c-]c(Oc5[c-]c(N6[CH-]N(c7cc(C(C)(C)C)cc(C(C)(C)C)c7)c7ccccc76)ccc5)ccc4c4ccc(C(C)(C)C)cc43)cc2C)c([2H])c1[2H].[Pt]. The molecule has 0 amide bonds. The van der Waals surface area contributed by atoms with Gasteiger partial charge in [-0.2, -0.15) is 12.1 Å². The Labute approximate surface area is 383 Å². The molecule has 2 aromatic heterocycles. The maximum absolute atomic E-state index is 8.63. The summed E-state index contributed by atoms with van der Waals surface area (Å²) in [4.78, 5) is 9.33. The summed E-state index contributed by atoms with van der Waals surface area (Å²) in [6.45, 7) is 24.1. The summed E-state index contributed by atoms with van der Waals surface area (Å²) >= 11 is 0. The Balaban J connectivity index is 0.00000592. The van der Waals surface area contributed by atoms with Crippen LogP contribution in [0.4, 0.5) is 22.7 Å². The van der Waals surface area contributed by atoms with Gasteiger partial charge in [-0.25, -0.2) is 4.98 Å². The van der Waals surface area contributed by atoms with Gasteiger partial charge in [-0.05, 0) is 92.8 Å². The minimum Gasteiger partial charge on any atom is -0.509 e. The van der Waals surface area contributed by atoms with Gasteiger partial charge in [0.1, 0.15) is 5.82 Å². The second-order valence-corrected chi connectivity index (χ2v) is 18.9. The molecule has 9 rings (SSSR count). The van der Waals surface area contributed by atoms with Gasteiger partial charge < -0.3 is 19.1 Å². The fourth-order valence-electron chi connectivity index (χ4n) is 7.88. The van der Waals surface area contributed by atoms with Crippen molar-refractivity contribution in [3.63, 3.8) is 0 Å². The van der Waals surface area contributed by atoms with E-state index < -0.39 is 6.04 Å². The van der Waals surface area contributed by atoms with Crippen molar-refractivity contribution in [2.45, 2.75) is 85.5 Å². The first-order valence-electron chi connectivity index (χ1n) is 23.0. The zero-order valence-electron chi connectivity index (χ0n) is 41.4. The molecular weight excluding hydrogens is 928 g/mol. The van der Waals surface area contributed by atoms with Crippen LogP contribution in [0.5, 0.6) is 11.5 Å². The van der Waals surface area contributed by atoms with Crippen molar-refractivity contribution in [3.8, 4) is 28.4 Å². The summed E-state index contributed by atoms with van der Waals surface area (Å²) in [7, 11) is 0. The number of anilines is 4. The number of nitrogens with zero attached hydrogens (tertiary/aromatic N) is 4. The number of hydrogen-bond acceptors (Lipinski definition) is 4. The Hall–Kier alpha value is -5.64. The number of ether oxygens (including phenoxy) is 1. The van der Waals surface area contributed by atoms with E-state index in [4.69, 9.17) is 16.6 Å². The minimum atomic E-state index is -0.428. The van der Waals surface area contributed by atoms with Crippen molar-refractivity contribution in [1.29, 1.82) is 0 Å². The van der Waals surface area contributed by atoms with Gasteiger partial charge in [-0.1, -0.05) is 128 Å². The topological polar surface area (TPSA) is 33.5 Å². The molecule has 0 atom stereocenters. The van der Waals surface area contributed by atoms with E-state index in [1.807, 2.05) is 37.3 Å². The monoisotopic (exact) mass is 985 g/mol. The van der Waals surface area contributed by atoms with Crippen molar-refractivity contribution in [1.82, 2.24) is 9.55 Å². The van der Waals surface area contributed by atoms with Crippen LogP contribution in [-0.2, 0) is 37.3 Å². The van der Waals surface area contributed by atoms with E-state index >= 15 is 0 Å². The fraction of sp³-hybridized carbons (Fsp3) is 0.236. The zero-order chi connectivity index (χ0) is 46.5. The van der Waals surface area contributed by atoms with Crippen LogP contribution in [0.2, 0.25) is 0 Å². The molecule has 6 aromatic carbocycles. The molecule has 0 spiro atoms. The third kappa shape index (κ3) is 8.01. The zero-order valence-corrected chi connectivity index (χ0v) is 38.7. The number of para-hydroxylation sites is 2. The number of aromatic nitrogens is 2. The second kappa shape index (κ2) is 15.7. The first-order chi connectivity index (χ1) is 30.6. The average Bonchev–Trinajstić information content (AvgIpc) is 3.80. The first kappa shape index (κ1) is 36.1. The van der Waals surface area contributed by atoms with Gasteiger partial charge in [0.25, 0.3) is 0 Å². The van der Waals surface area contributed by atoms with E-state index in [-0.39, 0.29) is 67.0 Å². The Bertz CT molecular complexity index is 3150. The van der Waals surface area contributed by atoms with Gasteiger partial charge in [0.15, 0.2) is 0 Å². The molecule has 0 N–H and O–H groups in total. The van der Waals surface area contributed by atoms with E-state index in [0.717, 1.165) is 50.1 Å². The van der Waals surface area contributed by atoms with E-state index in [2.05, 4.69) is 162 Å². The third-order valence-electron chi connectivity index (χ3n) is 11.4. The molecular formula is C55H53N4OPt-3. The molecule has 0 fully saturated rings. The van der Waals surface area contributed by atoms with Gasteiger partial charge >= 0.3 is 0 Å². The number of rotatable bonds is 6. The van der Waals surface area contributed by atoms with E-state index in [0.29, 0.717) is 28.4 Å². The number of pyridine rings is 1. The number of fused-ring (bicyclic) bond motifs is 4. The van der Waals surface area contributed by atoms with E-state index in [1.165, 1.54) is 11.1 Å². The number of aryl methyl sites for hydroxylation is 1.